The summed E-state index contributed by atoms with van der Waals surface area (Å²) in [6, 6.07) is 5.22. The van der Waals surface area contributed by atoms with E-state index in [1.54, 1.807) is 12.1 Å². The van der Waals surface area contributed by atoms with Crippen LogP contribution in [0.4, 0.5) is 0 Å². The fourth-order valence-electron chi connectivity index (χ4n) is 1.85. The first kappa shape index (κ1) is 10.7. The maximum atomic E-state index is 10.9. The maximum Gasteiger partial charge on any atom is 0.125 e. The lowest BCUT2D eigenvalue weighted by Crippen LogP contribution is -2.16. The second-order valence-corrected chi connectivity index (χ2v) is 4.83. The number of aldehydes is 1. The van der Waals surface area contributed by atoms with Gasteiger partial charge in [0.15, 0.2) is 0 Å². The van der Waals surface area contributed by atoms with Gasteiger partial charge in [0.2, 0.25) is 0 Å². The Bertz CT molecular complexity index is 526. The quantitative estimate of drug-likeness (QED) is 0.776. The number of aromatic nitrogens is 1. The third kappa shape index (κ3) is 1.94. The lowest BCUT2D eigenvalue weighted by atomic mass is 9.87. The number of hydrogen-bond donors (Lipinski definition) is 2. The molecule has 1 aromatic carbocycles. The summed E-state index contributed by atoms with van der Waals surface area (Å²) in [5.41, 5.74) is 1.65. The van der Waals surface area contributed by atoms with Crippen molar-refractivity contribution in [3.8, 4) is 5.75 Å². The summed E-state index contributed by atoms with van der Waals surface area (Å²) in [4.78, 5) is 14.0. The summed E-state index contributed by atoms with van der Waals surface area (Å²) in [5.74, 6) is 0.246. The molecule has 0 radical (unpaired) electrons. The van der Waals surface area contributed by atoms with E-state index in [1.165, 1.54) is 0 Å². The van der Waals surface area contributed by atoms with E-state index in [2.05, 4.69) is 4.98 Å². The fourth-order valence-corrected chi connectivity index (χ4v) is 1.85. The highest BCUT2D eigenvalue weighted by Gasteiger charge is 2.19. The number of fused-ring (bicyclic) bond motifs is 1. The van der Waals surface area contributed by atoms with Crippen LogP contribution < -0.4 is 0 Å². The highest BCUT2D eigenvalue weighted by molar-refractivity contribution is 5.84. The highest BCUT2D eigenvalue weighted by Crippen LogP contribution is 2.27. The molecule has 3 nitrogen and oxygen atoms in total. The minimum atomic E-state index is -0.354. The summed E-state index contributed by atoms with van der Waals surface area (Å²) in [6.45, 7) is 3.83. The zero-order valence-electron chi connectivity index (χ0n) is 9.45. The molecule has 0 aliphatic rings. The van der Waals surface area contributed by atoms with E-state index >= 15 is 0 Å². The summed E-state index contributed by atoms with van der Waals surface area (Å²) in [6.07, 6.45) is 3.57. The van der Waals surface area contributed by atoms with Gasteiger partial charge in [-0.2, -0.15) is 0 Å². The van der Waals surface area contributed by atoms with Crippen molar-refractivity contribution < 1.29 is 9.90 Å². The van der Waals surface area contributed by atoms with Crippen LogP contribution in [0.5, 0.6) is 5.75 Å². The van der Waals surface area contributed by atoms with Crippen LogP contribution in [0, 0.1) is 5.41 Å². The number of carbonyl (C=O) groups excluding carboxylic acids is 1. The molecular formula is C13H15NO2. The third-order valence-electron chi connectivity index (χ3n) is 2.72. The lowest BCUT2D eigenvalue weighted by molar-refractivity contribution is -0.114. The minimum absolute atomic E-state index is 0.246. The zero-order chi connectivity index (χ0) is 11.8. The standard InChI is InChI=1S/C13H15NO2/c1-13(2,8-15)6-9-7-14-12-5-10(16)3-4-11(9)12/h3-5,7-8,14,16H,6H2,1-2H3. The molecule has 0 unspecified atom stereocenters. The van der Waals surface area contributed by atoms with E-state index in [0.29, 0.717) is 6.42 Å². The number of hydrogen-bond acceptors (Lipinski definition) is 2. The van der Waals surface area contributed by atoms with E-state index in [0.717, 1.165) is 22.8 Å². The Hall–Kier alpha value is -1.77. The van der Waals surface area contributed by atoms with Crippen molar-refractivity contribution in [3.63, 3.8) is 0 Å². The Balaban J connectivity index is 2.43. The van der Waals surface area contributed by atoms with Crippen LogP contribution in [0.3, 0.4) is 0 Å². The molecular weight excluding hydrogens is 202 g/mol. The Morgan fingerprint density at radius 3 is 2.88 bits per heavy atom. The van der Waals surface area contributed by atoms with Crippen LogP contribution in [0.15, 0.2) is 24.4 Å². The summed E-state index contributed by atoms with van der Waals surface area (Å²) in [7, 11) is 0. The van der Waals surface area contributed by atoms with Gasteiger partial charge in [-0.15, -0.1) is 0 Å². The van der Waals surface area contributed by atoms with Crippen LogP contribution >= 0.6 is 0 Å². The fraction of sp³-hybridized carbons (Fsp3) is 0.308. The Labute approximate surface area is 94.1 Å². The number of phenols is 1. The maximum absolute atomic E-state index is 10.9. The van der Waals surface area contributed by atoms with Gasteiger partial charge < -0.3 is 14.9 Å². The molecule has 2 N–H and O–H groups in total. The molecule has 16 heavy (non-hydrogen) atoms. The third-order valence-corrected chi connectivity index (χ3v) is 2.72. The monoisotopic (exact) mass is 217 g/mol. The molecule has 1 heterocycles. The van der Waals surface area contributed by atoms with Crippen LogP contribution in [0.2, 0.25) is 0 Å². The van der Waals surface area contributed by atoms with Gasteiger partial charge in [0.05, 0.1) is 0 Å². The Morgan fingerprint density at radius 2 is 2.19 bits per heavy atom. The minimum Gasteiger partial charge on any atom is -0.508 e. The van der Waals surface area contributed by atoms with Gasteiger partial charge in [0.25, 0.3) is 0 Å². The molecule has 0 amide bonds. The Morgan fingerprint density at radius 1 is 1.44 bits per heavy atom. The van der Waals surface area contributed by atoms with Crippen molar-refractivity contribution in [1.82, 2.24) is 4.98 Å². The summed E-state index contributed by atoms with van der Waals surface area (Å²) < 4.78 is 0. The van der Waals surface area contributed by atoms with Gasteiger partial charge in [-0.25, -0.2) is 0 Å². The van der Waals surface area contributed by atoms with Crippen molar-refractivity contribution >= 4 is 17.2 Å². The number of phenolic OH excluding ortho intramolecular Hbond substituents is 1. The van der Waals surface area contributed by atoms with E-state index in [9.17, 15) is 9.90 Å². The molecule has 0 fully saturated rings. The Kier molecular flexibility index (Phi) is 2.46. The van der Waals surface area contributed by atoms with E-state index in [4.69, 9.17) is 0 Å². The molecule has 2 aromatic rings. The number of rotatable bonds is 3. The van der Waals surface area contributed by atoms with Gasteiger partial charge in [0.1, 0.15) is 12.0 Å². The number of H-pyrrole nitrogens is 1. The molecule has 0 aliphatic carbocycles. The zero-order valence-corrected chi connectivity index (χ0v) is 9.45. The average molecular weight is 217 g/mol. The first-order valence-corrected chi connectivity index (χ1v) is 5.27. The van der Waals surface area contributed by atoms with Crippen molar-refractivity contribution in [2.24, 2.45) is 5.41 Å². The first-order chi connectivity index (χ1) is 7.52. The molecule has 0 saturated carbocycles. The number of aromatic amines is 1. The van der Waals surface area contributed by atoms with Gasteiger partial charge >= 0.3 is 0 Å². The lowest BCUT2D eigenvalue weighted by Gasteiger charge is -2.15. The second-order valence-electron chi connectivity index (χ2n) is 4.83. The summed E-state index contributed by atoms with van der Waals surface area (Å²) in [5, 5.41) is 10.4. The van der Waals surface area contributed by atoms with Crippen LogP contribution in [0.1, 0.15) is 19.4 Å². The molecule has 0 aliphatic heterocycles. The molecule has 84 valence electrons. The van der Waals surface area contributed by atoms with E-state index in [-0.39, 0.29) is 11.2 Å². The molecule has 0 spiro atoms. The summed E-state index contributed by atoms with van der Waals surface area (Å²) >= 11 is 0. The highest BCUT2D eigenvalue weighted by atomic mass is 16.3. The molecule has 3 heteroatoms. The average Bonchev–Trinajstić information content (AvgIpc) is 2.60. The van der Waals surface area contributed by atoms with Gasteiger partial charge in [-0.1, -0.05) is 13.8 Å². The number of carbonyl (C=O) groups is 1. The molecule has 0 bridgehead atoms. The molecule has 1 aromatic heterocycles. The van der Waals surface area contributed by atoms with E-state index in [1.807, 2.05) is 26.1 Å². The number of nitrogens with one attached hydrogen (secondary N) is 1. The van der Waals surface area contributed by atoms with Crippen LogP contribution in [-0.4, -0.2) is 16.4 Å². The van der Waals surface area contributed by atoms with E-state index < -0.39 is 0 Å². The van der Waals surface area contributed by atoms with Gasteiger partial charge in [-0.3, -0.25) is 0 Å². The predicted molar refractivity (Wildman–Crippen MR) is 63.5 cm³/mol. The first-order valence-electron chi connectivity index (χ1n) is 5.27. The number of benzene rings is 1. The number of aromatic hydroxyl groups is 1. The molecule has 0 saturated heterocycles. The molecule has 0 atom stereocenters. The molecule has 2 rings (SSSR count). The topological polar surface area (TPSA) is 53.1 Å². The van der Waals surface area contributed by atoms with Crippen LogP contribution in [0.25, 0.3) is 10.9 Å². The largest absolute Gasteiger partial charge is 0.508 e. The predicted octanol–water partition coefficient (Wildman–Crippen LogP) is 2.64. The van der Waals surface area contributed by atoms with Gasteiger partial charge in [0, 0.05) is 28.6 Å². The van der Waals surface area contributed by atoms with Crippen molar-refractivity contribution in [1.29, 1.82) is 0 Å². The second kappa shape index (κ2) is 3.67. The smallest absolute Gasteiger partial charge is 0.125 e. The van der Waals surface area contributed by atoms with Crippen LogP contribution in [-0.2, 0) is 11.2 Å². The normalized spacial score (nSPS) is 11.9. The van der Waals surface area contributed by atoms with Crippen molar-refractivity contribution in [2.75, 3.05) is 0 Å². The van der Waals surface area contributed by atoms with Gasteiger partial charge in [-0.05, 0) is 24.1 Å². The van der Waals surface area contributed by atoms with Crippen molar-refractivity contribution in [2.45, 2.75) is 20.3 Å². The SMILES string of the molecule is CC(C)(C=O)Cc1c[nH]c2cc(O)ccc12. The van der Waals surface area contributed by atoms with Crippen molar-refractivity contribution in [3.05, 3.63) is 30.0 Å².